The summed E-state index contributed by atoms with van der Waals surface area (Å²) < 4.78 is 0.715. The fourth-order valence-corrected chi connectivity index (χ4v) is 2.38. The van der Waals surface area contributed by atoms with E-state index in [-0.39, 0.29) is 11.9 Å². The molecule has 0 saturated carbocycles. The van der Waals surface area contributed by atoms with Crippen molar-refractivity contribution in [1.82, 2.24) is 5.32 Å². The van der Waals surface area contributed by atoms with E-state index in [2.05, 4.69) is 21.2 Å². The van der Waals surface area contributed by atoms with Gasteiger partial charge in [-0.1, -0.05) is 23.7 Å². The van der Waals surface area contributed by atoms with Crippen LogP contribution in [0.5, 0.6) is 0 Å². The van der Waals surface area contributed by atoms with Crippen LogP contribution in [0.1, 0.15) is 28.9 Å². The molecule has 0 aromatic heterocycles. The highest BCUT2D eigenvalue weighted by atomic mass is 79.9. The third kappa shape index (κ3) is 3.52. The van der Waals surface area contributed by atoms with Crippen molar-refractivity contribution in [2.24, 2.45) is 0 Å². The van der Waals surface area contributed by atoms with Crippen LogP contribution in [0.2, 0.25) is 5.02 Å². The molecule has 3 N–H and O–H groups in total. The first-order valence-electron chi connectivity index (χ1n) is 6.08. The Morgan fingerprint density at radius 2 is 1.90 bits per heavy atom. The van der Waals surface area contributed by atoms with Crippen LogP contribution in [0.4, 0.5) is 5.69 Å². The van der Waals surface area contributed by atoms with Gasteiger partial charge in [-0.05, 0) is 58.7 Å². The minimum atomic E-state index is -0.174. The third-order valence-electron chi connectivity index (χ3n) is 2.95. The van der Waals surface area contributed by atoms with Crippen LogP contribution in [-0.2, 0) is 0 Å². The molecule has 3 nitrogen and oxygen atoms in total. The number of amides is 1. The smallest absolute Gasteiger partial charge is 0.252 e. The molecule has 0 saturated heterocycles. The molecule has 0 aliphatic heterocycles. The monoisotopic (exact) mass is 352 g/mol. The van der Waals surface area contributed by atoms with Crippen LogP contribution < -0.4 is 11.1 Å². The molecule has 20 heavy (non-hydrogen) atoms. The van der Waals surface area contributed by atoms with Gasteiger partial charge in [0, 0.05) is 15.2 Å². The largest absolute Gasteiger partial charge is 0.399 e. The van der Waals surface area contributed by atoms with Gasteiger partial charge in [-0.15, -0.1) is 0 Å². The van der Waals surface area contributed by atoms with Crippen LogP contribution in [0, 0.1) is 0 Å². The second-order valence-electron chi connectivity index (χ2n) is 4.49. The molecule has 5 heteroatoms. The summed E-state index contributed by atoms with van der Waals surface area (Å²) >= 11 is 9.20. The molecule has 2 aromatic carbocycles. The summed E-state index contributed by atoms with van der Waals surface area (Å²) in [5, 5.41) is 3.60. The van der Waals surface area contributed by atoms with E-state index in [0.717, 1.165) is 5.56 Å². The van der Waals surface area contributed by atoms with Crippen molar-refractivity contribution in [3.63, 3.8) is 0 Å². The number of halogens is 2. The van der Waals surface area contributed by atoms with Crippen molar-refractivity contribution in [1.29, 1.82) is 0 Å². The highest BCUT2D eigenvalue weighted by molar-refractivity contribution is 9.10. The summed E-state index contributed by atoms with van der Waals surface area (Å²) in [5.41, 5.74) is 7.77. The summed E-state index contributed by atoms with van der Waals surface area (Å²) in [6.07, 6.45) is 0. The number of hydrogen-bond donors (Lipinski definition) is 2. The molecule has 1 amide bonds. The number of anilines is 1. The first-order chi connectivity index (χ1) is 9.47. The highest BCUT2D eigenvalue weighted by Crippen LogP contribution is 2.21. The van der Waals surface area contributed by atoms with Crippen LogP contribution in [0.3, 0.4) is 0 Å². The molecule has 0 fully saturated rings. The van der Waals surface area contributed by atoms with Gasteiger partial charge in [0.05, 0.1) is 11.6 Å². The lowest BCUT2D eigenvalue weighted by molar-refractivity contribution is 0.0939. The number of nitrogens with two attached hydrogens (primary N) is 1. The van der Waals surface area contributed by atoms with E-state index < -0.39 is 0 Å². The molecule has 104 valence electrons. The molecule has 1 atom stereocenters. The SMILES string of the molecule is CC(NC(=O)c1cc(N)ccc1Br)c1ccc(Cl)cc1. The van der Waals surface area contributed by atoms with Crippen LogP contribution in [0.15, 0.2) is 46.9 Å². The fraction of sp³-hybridized carbons (Fsp3) is 0.133. The normalized spacial score (nSPS) is 11.9. The van der Waals surface area contributed by atoms with Crippen molar-refractivity contribution in [3.05, 3.63) is 63.1 Å². The third-order valence-corrected chi connectivity index (χ3v) is 3.90. The number of rotatable bonds is 3. The van der Waals surface area contributed by atoms with Gasteiger partial charge in [-0.25, -0.2) is 0 Å². The van der Waals surface area contributed by atoms with Crippen molar-refractivity contribution in [2.45, 2.75) is 13.0 Å². The zero-order valence-electron chi connectivity index (χ0n) is 10.9. The van der Waals surface area contributed by atoms with Crippen molar-refractivity contribution < 1.29 is 4.79 Å². The second kappa shape index (κ2) is 6.29. The zero-order valence-corrected chi connectivity index (χ0v) is 13.2. The molecule has 2 aromatic rings. The minimum absolute atomic E-state index is 0.118. The molecule has 0 aliphatic rings. The first-order valence-corrected chi connectivity index (χ1v) is 7.26. The Labute approximate surface area is 131 Å². The molecular weight excluding hydrogens is 340 g/mol. The van der Waals surface area contributed by atoms with Gasteiger partial charge in [0.1, 0.15) is 0 Å². The Morgan fingerprint density at radius 3 is 2.55 bits per heavy atom. The lowest BCUT2D eigenvalue weighted by Gasteiger charge is -2.15. The fourth-order valence-electron chi connectivity index (χ4n) is 1.83. The molecule has 0 aliphatic carbocycles. The van der Waals surface area contributed by atoms with Crippen molar-refractivity contribution in [3.8, 4) is 0 Å². The maximum atomic E-state index is 12.2. The topological polar surface area (TPSA) is 55.1 Å². The van der Waals surface area contributed by atoms with Crippen LogP contribution in [-0.4, -0.2) is 5.91 Å². The molecule has 0 bridgehead atoms. The van der Waals surface area contributed by atoms with Gasteiger partial charge in [-0.3, -0.25) is 4.79 Å². The Hall–Kier alpha value is -1.52. The summed E-state index contributed by atoms with van der Waals surface area (Å²) in [7, 11) is 0. The van der Waals surface area contributed by atoms with E-state index in [4.69, 9.17) is 17.3 Å². The Bertz CT molecular complexity index is 628. The van der Waals surface area contributed by atoms with Gasteiger partial charge in [0.15, 0.2) is 0 Å². The predicted molar refractivity (Wildman–Crippen MR) is 85.9 cm³/mol. The first kappa shape index (κ1) is 14.9. The van der Waals surface area contributed by atoms with E-state index in [1.54, 1.807) is 30.3 Å². The van der Waals surface area contributed by atoms with Crippen LogP contribution in [0.25, 0.3) is 0 Å². The number of benzene rings is 2. The number of carbonyl (C=O) groups is 1. The molecule has 0 spiro atoms. The van der Waals surface area contributed by atoms with E-state index in [0.29, 0.717) is 20.7 Å². The predicted octanol–water partition coefficient (Wildman–Crippen LogP) is 4.18. The summed E-state index contributed by atoms with van der Waals surface area (Å²) in [5.74, 6) is -0.174. The lowest BCUT2D eigenvalue weighted by atomic mass is 10.1. The number of carbonyl (C=O) groups excluding carboxylic acids is 1. The van der Waals surface area contributed by atoms with Gasteiger partial charge < -0.3 is 11.1 Å². The summed E-state index contributed by atoms with van der Waals surface area (Å²) in [6.45, 7) is 1.92. The summed E-state index contributed by atoms with van der Waals surface area (Å²) in [4.78, 5) is 12.2. The highest BCUT2D eigenvalue weighted by Gasteiger charge is 2.14. The number of nitrogens with one attached hydrogen (secondary N) is 1. The molecule has 1 unspecified atom stereocenters. The van der Waals surface area contributed by atoms with E-state index in [9.17, 15) is 4.79 Å². The standard InChI is InChI=1S/C15H14BrClN2O/c1-9(10-2-4-11(17)5-3-10)19-15(20)13-8-12(18)6-7-14(13)16/h2-9H,18H2,1H3,(H,19,20). The Morgan fingerprint density at radius 1 is 1.25 bits per heavy atom. The van der Waals surface area contributed by atoms with Gasteiger partial charge in [0.25, 0.3) is 5.91 Å². The molecule has 2 rings (SSSR count). The minimum Gasteiger partial charge on any atom is -0.399 e. The van der Waals surface area contributed by atoms with Crippen LogP contribution >= 0.6 is 27.5 Å². The Kier molecular flexibility index (Phi) is 4.68. The molecule has 0 heterocycles. The zero-order chi connectivity index (χ0) is 14.7. The average molecular weight is 354 g/mol. The number of nitrogen functional groups attached to an aromatic ring is 1. The van der Waals surface area contributed by atoms with E-state index >= 15 is 0 Å². The number of hydrogen-bond acceptors (Lipinski definition) is 2. The molecular formula is C15H14BrClN2O. The average Bonchev–Trinajstić information content (AvgIpc) is 2.42. The maximum Gasteiger partial charge on any atom is 0.252 e. The Balaban J connectivity index is 2.15. The summed E-state index contributed by atoms with van der Waals surface area (Å²) in [6, 6.07) is 12.4. The van der Waals surface area contributed by atoms with Gasteiger partial charge in [-0.2, -0.15) is 0 Å². The quantitative estimate of drug-likeness (QED) is 0.813. The van der Waals surface area contributed by atoms with E-state index in [1.807, 2.05) is 19.1 Å². The second-order valence-corrected chi connectivity index (χ2v) is 5.78. The lowest BCUT2D eigenvalue weighted by Crippen LogP contribution is -2.27. The molecule has 0 radical (unpaired) electrons. The van der Waals surface area contributed by atoms with Crippen molar-refractivity contribution >= 4 is 39.1 Å². The van der Waals surface area contributed by atoms with Crippen molar-refractivity contribution in [2.75, 3.05) is 5.73 Å². The van der Waals surface area contributed by atoms with Gasteiger partial charge in [0.2, 0.25) is 0 Å². The van der Waals surface area contributed by atoms with E-state index in [1.165, 1.54) is 0 Å². The van der Waals surface area contributed by atoms with Gasteiger partial charge >= 0.3 is 0 Å². The maximum absolute atomic E-state index is 12.2.